The molecule has 2 rings (SSSR count). The van der Waals surface area contributed by atoms with Crippen molar-refractivity contribution in [3.8, 4) is 0 Å². The molecule has 0 heterocycles. The highest BCUT2D eigenvalue weighted by molar-refractivity contribution is 6.43. The second-order valence-corrected chi connectivity index (χ2v) is 6.10. The molecule has 24 heavy (non-hydrogen) atoms. The van der Waals surface area contributed by atoms with Crippen LogP contribution >= 0.6 is 34.8 Å². The Kier molecular flexibility index (Phi) is 7.37. The van der Waals surface area contributed by atoms with Crippen molar-refractivity contribution in [1.82, 2.24) is 5.32 Å². The van der Waals surface area contributed by atoms with Gasteiger partial charge in [-0.15, -0.1) is 0 Å². The predicted molar refractivity (Wildman–Crippen MR) is 98.2 cm³/mol. The van der Waals surface area contributed by atoms with Crippen LogP contribution in [0, 0.1) is 0 Å². The molecule has 2 aromatic carbocycles. The van der Waals surface area contributed by atoms with Gasteiger partial charge in [0.15, 0.2) is 6.61 Å². The molecule has 1 N–H and O–H groups in total. The largest absolute Gasteiger partial charge is 0.386 e. The first-order chi connectivity index (χ1) is 11.6. The minimum absolute atomic E-state index is 0.171. The molecule has 1 amide bonds. The van der Waals surface area contributed by atoms with Gasteiger partial charge in [-0.05, 0) is 30.2 Å². The average Bonchev–Trinajstić information content (AvgIpc) is 2.57. The number of carbonyl (C=O) groups is 1. The highest BCUT2D eigenvalue weighted by Crippen LogP contribution is 2.24. The SMILES string of the molecule is O=C(CO/N=C\c1cccc(Cl)c1Cl)NCCc1ccc(Cl)cc1. The zero-order valence-electron chi connectivity index (χ0n) is 12.6. The third-order valence-corrected chi connectivity index (χ3v) is 4.18. The fourth-order valence-electron chi connectivity index (χ4n) is 1.86. The smallest absolute Gasteiger partial charge is 0.260 e. The summed E-state index contributed by atoms with van der Waals surface area (Å²) in [5, 5.41) is 7.97. The van der Waals surface area contributed by atoms with Gasteiger partial charge in [0.1, 0.15) is 0 Å². The van der Waals surface area contributed by atoms with Crippen LogP contribution in [0.1, 0.15) is 11.1 Å². The van der Waals surface area contributed by atoms with Gasteiger partial charge >= 0.3 is 0 Å². The van der Waals surface area contributed by atoms with Crippen LogP contribution in [0.25, 0.3) is 0 Å². The summed E-state index contributed by atoms with van der Waals surface area (Å²) in [4.78, 5) is 16.6. The van der Waals surface area contributed by atoms with Crippen molar-refractivity contribution in [2.45, 2.75) is 6.42 Å². The van der Waals surface area contributed by atoms with Gasteiger partial charge in [-0.25, -0.2) is 0 Å². The lowest BCUT2D eigenvalue weighted by Gasteiger charge is -2.05. The summed E-state index contributed by atoms with van der Waals surface area (Å²) in [6.07, 6.45) is 2.12. The molecule has 0 fully saturated rings. The van der Waals surface area contributed by atoms with E-state index in [9.17, 15) is 4.79 Å². The number of hydrogen-bond donors (Lipinski definition) is 1. The van der Waals surface area contributed by atoms with E-state index in [1.54, 1.807) is 18.2 Å². The van der Waals surface area contributed by atoms with E-state index in [4.69, 9.17) is 39.6 Å². The Bertz CT molecular complexity index is 718. The van der Waals surface area contributed by atoms with E-state index >= 15 is 0 Å². The van der Waals surface area contributed by atoms with Crippen molar-refractivity contribution in [1.29, 1.82) is 0 Å². The molecule has 4 nitrogen and oxygen atoms in total. The van der Waals surface area contributed by atoms with Crippen molar-refractivity contribution < 1.29 is 9.63 Å². The molecule has 0 aromatic heterocycles. The van der Waals surface area contributed by atoms with Crippen molar-refractivity contribution in [2.24, 2.45) is 5.16 Å². The minimum atomic E-state index is -0.252. The maximum absolute atomic E-state index is 11.6. The Balaban J connectivity index is 1.68. The molecule has 0 aliphatic carbocycles. The van der Waals surface area contributed by atoms with Crippen LogP contribution in [-0.4, -0.2) is 25.3 Å². The number of rotatable bonds is 7. The van der Waals surface area contributed by atoms with Crippen LogP contribution in [0.4, 0.5) is 0 Å². The first-order valence-corrected chi connectivity index (χ1v) is 8.30. The Morgan fingerprint density at radius 1 is 1.12 bits per heavy atom. The van der Waals surface area contributed by atoms with Gasteiger partial charge in [0.2, 0.25) is 0 Å². The predicted octanol–water partition coefficient (Wildman–Crippen LogP) is 4.36. The second kappa shape index (κ2) is 9.52. The van der Waals surface area contributed by atoms with E-state index in [0.717, 1.165) is 5.56 Å². The van der Waals surface area contributed by atoms with Gasteiger partial charge < -0.3 is 10.2 Å². The molecule has 0 saturated carbocycles. The molecular weight excluding hydrogens is 371 g/mol. The number of benzene rings is 2. The van der Waals surface area contributed by atoms with Crippen LogP contribution in [0.5, 0.6) is 0 Å². The van der Waals surface area contributed by atoms with Crippen molar-refractivity contribution in [3.63, 3.8) is 0 Å². The topological polar surface area (TPSA) is 50.7 Å². The lowest BCUT2D eigenvalue weighted by atomic mass is 10.1. The van der Waals surface area contributed by atoms with E-state index in [1.807, 2.05) is 24.3 Å². The minimum Gasteiger partial charge on any atom is -0.386 e. The van der Waals surface area contributed by atoms with E-state index in [1.165, 1.54) is 6.21 Å². The zero-order valence-corrected chi connectivity index (χ0v) is 14.9. The van der Waals surface area contributed by atoms with Crippen LogP contribution < -0.4 is 5.32 Å². The maximum atomic E-state index is 11.6. The van der Waals surface area contributed by atoms with Crippen LogP contribution in [-0.2, 0) is 16.1 Å². The number of oxime groups is 1. The number of amides is 1. The number of nitrogens with one attached hydrogen (secondary N) is 1. The van der Waals surface area contributed by atoms with Crippen molar-refractivity contribution >= 4 is 46.9 Å². The van der Waals surface area contributed by atoms with Crippen molar-refractivity contribution in [3.05, 3.63) is 68.7 Å². The summed E-state index contributed by atoms with van der Waals surface area (Å²) in [6.45, 7) is 0.336. The van der Waals surface area contributed by atoms with Crippen LogP contribution in [0.3, 0.4) is 0 Å². The van der Waals surface area contributed by atoms with Gasteiger partial charge in [-0.3, -0.25) is 4.79 Å². The fourth-order valence-corrected chi connectivity index (χ4v) is 2.34. The monoisotopic (exact) mass is 384 g/mol. The quantitative estimate of drug-likeness (QED) is 0.569. The third-order valence-electron chi connectivity index (χ3n) is 3.09. The van der Waals surface area contributed by atoms with Crippen LogP contribution in [0.2, 0.25) is 15.1 Å². The summed E-state index contributed by atoms with van der Waals surface area (Å²) in [5.74, 6) is -0.252. The lowest BCUT2D eigenvalue weighted by molar-refractivity contribution is -0.125. The van der Waals surface area contributed by atoms with Gasteiger partial charge in [0.25, 0.3) is 5.91 Å². The molecule has 2 aromatic rings. The summed E-state index contributed by atoms with van der Waals surface area (Å²) in [6, 6.07) is 12.6. The molecular formula is C17H15Cl3N2O2. The fraction of sp³-hybridized carbons (Fsp3) is 0.176. The maximum Gasteiger partial charge on any atom is 0.260 e. The summed E-state index contributed by atoms with van der Waals surface area (Å²) in [5.41, 5.74) is 1.71. The first-order valence-electron chi connectivity index (χ1n) is 7.17. The van der Waals surface area contributed by atoms with E-state index in [0.29, 0.717) is 33.6 Å². The molecule has 0 unspecified atom stereocenters. The summed E-state index contributed by atoms with van der Waals surface area (Å²) < 4.78 is 0. The van der Waals surface area contributed by atoms with E-state index < -0.39 is 0 Å². The number of halogens is 3. The molecule has 7 heteroatoms. The normalized spacial score (nSPS) is 10.8. The zero-order chi connectivity index (χ0) is 17.4. The van der Waals surface area contributed by atoms with Gasteiger partial charge in [0, 0.05) is 17.1 Å². The van der Waals surface area contributed by atoms with Crippen molar-refractivity contribution in [2.75, 3.05) is 13.2 Å². The molecule has 0 spiro atoms. The molecule has 0 atom stereocenters. The molecule has 0 saturated heterocycles. The lowest BCUT2D eigenvalue weighted by Crippen LogP contribution is -2.28. The van der Waals surface area contributed by atoms with E-state index in [-0.39, 0.29) is 12.5 Å². The molecule has 126 valence electrons. The molecule has 0 aliphatic rings. The van der Waals surface area contributed by atoms with Gasteiger partial charge in [-0.2, -0.15) is 0 Å². The second-order valence-electron chi connectivity index (χ2n) is 4.88. The Morgan fingerprint density at radius 2 is 1.88 bits per heavy atom. The number of hydrogen-bond acceptors (Lipinski definition) is 3. The highest BCUT2D eigenvalue weighted by Gasteiger charge is 2.03. The summed E-state index contributed by atoms with van der Waals surface area (Å²) >= 11 is 17.7. The molecule has 0 radical (unpaired) electrons. The highest BCUT2D eigenvalue weighted by atomic mass is 35.5. The summed E-state index contributed by atoms with van der Waals surface area (Å²) in [7, 11) is 0. The Hall–Kier alpha value is -1.75. The standard InChI is InChI=1S/C17H15Cl3N2O2/c18-14-6-4-12(5-7-14)8-9-21-16(23)11-24-22-10-13-2-1-3-15(19)17(13)20/h1-7,10H,8-9,11H2,(H,21,23)/b22-10-. The number of nitrogens with zero attached hydrogens (tertiary/aromatic N) is 1. The van der Waals surface area contributed by atoms with E-state index in [2.05, 4.69) is 10.5 Å². The van der Waals surface area contributed by atoms with Crippen LogP contribution in [0.15, 0.2) is 47.6 Å². The third kappa shape index (κ3) is 6.04. The van der Waals surface area contributed by atoms with Gasteiger partial charge in [-0.1, -0.05) is 64.2 Å². The molecule has 0 aliphatic heterocycles. The van der Waals surface area contributed by atoms with Gasteiger partial charge in [0.05, 0.1) is 16.3 Å². The first kappa shape index (κ1) is 18.6. The number of carbonyl (C=O) groups excluding carboxylic acids is 1. The molecule has 0 bridgehead atoms. The Morgan fingerprint density at radius 3 is 2.62 bits per heavy atom. The average molecular weight is 386 g/mol. The Labute approximate surface area is 155 Å².